The molecule has 0 spiro atoms. The zero-order valence-electron chi connectivity index (χ0n) is 15.9. The summed E-state index contributed by atoms with van der Waals surface area (Å²) in [5, 5.41) is 5.87. The van der Waals surface area contributed by atoms with Crippen LogP contribution in [0.15, 0.2) is 48.5 Å². The molecule has 2 N–H and O–H groups in total. The van der Waals surface area contributed by atoms with Gasteiger partial charge in [-0.05, 0) is 35.4 Å². The molecule has 144 valence electrons. The van der Waals surface area contributed by atoms with E-state index in [1.807, 2.05) is 17.0 Å². The Morgan fingerprint density at radius 2 is 1.61 bits per heavy atom. The van der Waals surface area contributed by atoms with Crippen LogP contribution < -0.4 is 10.6 Å². The number of anilines is 1. The molecule has 1 aliphatic heterocycles. The predicted molar refractivity (Wildman–Crippen MR) is 106 cm³/mol. The van der Waals surface area contributed by atoms with Crippen LogP contribution in [0.2, 0.25) is 0 Å². The zero-order valence-corrected chi connectivity index (χ0v) is 15.9. The van der Waals surface area contributed by atoms with Gasteiger partial charge < -0.3 is 15.5 Å². The van der Waals surface area contributed by atoms with Crippen molar-refractivity contribution in [2.45, 2.75) is 25.8 Å². The van der Waals surface area contributed by atoms with Crippen LogP contribution in [0, 0.1) is 5.92 Å². The van der Waals surface area contributed by atoms with E-state index < -0.39 is 0 Å². The fraction of sp³-hybridized carbons (Fsp3) is 0.318. The lowest BCUT2D eigenvalue weighted by atomic mass is 9.94. The number of fused-ring (bicyclic) bond motifs is 3. The quantitative estimate of drug-likeness (QED) is 0.863. The summed E-state index contributed by atoms with van der Waals surface area (Å²) in [7, 11) is 0. The van der Waals surface area contributed by atoms with Gasteiger partial charge in [0.1, 0.15) is 0 Å². The maximum absolute atomic E-state index is 12.9. The van der Waals surface area contributed by atoms with Crippen LogP contribution in [-0.4, -0.2) is 35.7 Å². The van der Waals surface area contributed by atoms with Crippen LogP contribution in [0.1, 0.15) is 47.3 Å². The van der Waals surface area contributed by atoms with E-state index in [0.717, 1.165) is 5.56 Å². The van der Waals surface area contributed by atoms with E-state index in [0.29, 0.717) is 24.3 Å². The Morgan fingerprint density at radius 3 is 2.25 bits per heavy atom. The minimum Gasteiger partial charge on any atom is -0.345 e. The fourth-order valence-electron chi connectivity index (χ4n) is 4.43. The number of nitrogens with one attached hydrogen (secondary N) is 2. The van der Waals surface area contributed by atoms with Gasteiger partial charge >= 0.3 is 0 Å². The number of benzene rings is 2. The summed E-state index contributed by atoms with van der Waals surface area (Å²) in [5.41, 5.74) is 3.56. The lowest BCUT2D eigenvalue weighted by Gasteiger charge is -2.22. The fourth-order valence-corrected chi connectivity index (χ4v) is 4.43. The smallest absolute Gasteiger partial charge is 0.251 e. The number of carbonyl (C=O) groups excluding carboxylic acids is 3. The van der Waals surface area contributed by atoms with Crippen molar-refractivity contribution in [3.8, 4) is 0 Å². The maximum Gasteiger partial charge on any atom is 0.251 e. The highest BCUT2D eigenvalue weighted by Crippen LogP contribution is 2.49. The number of amides is 3. The molecule has 6 nitrogen and oxygen atoms in total. The van der Waals surface area contributed by atoms with E-state index in [4.69, 9.17) is 0 Å². The highest BCUT2D eigenvalue weighted by atomic mass is 16.2. The number of rotatable bonds is 3. The summed E-state index contributed by atoms with van der Waals surface area (Å²) in [5.74, 6) is 0.208. The first-order valence-electron chi connectivity index (χ1n) is 9.47. The maximum atomic E-state index is 12.9. The van der Waals surface area contributed by atoms with E-state index in [9.17, 15) is 14.4 Å². The molecule has 3 atom stereocenters. The third-order valence-electron chi connectivity index (χ3n) is 5.72. The molecular formula is C22H23N3O3. The van der Waals surface area contributed by atoms with Crippen molar-refractivity contribution >= 4 is 23.4 Å². The molecule has 0 bridgehead atoms. The molecule has 3 amide bonds. The minimum absolute atomic E-state index is 0.0746. The second-order valence-corrected chi connectivity index (χ2v) is 7.53. The molecule has 1 fully saturated rings. The van der Waals surface area contributed by atoms with E-state index in [1.165, 1.54) is 12.5 Å². The van der Waals surface area contributed by atoms with E-state index in [2.05, 4.69) is 22.8 Å². The molecule has 2 aromatic rings. The van der Waals surface area contributed by atoms with Crippen molar-refractivity contribution < 1.29 is 14.4 Å². The van der Waals surface area contributed by atoms with Crippen LogP contribution in [0.3, 0.4) is 0 Å². The molecule has 0 aromatic heterocycles. The SMILES string of the molecule is CC(=O)Nc1ccc(C(=O)N[C@@H]2c3ccccc3[C@@H]3CN(C(C)=O)C[C@H]23)cc1. The topological polar surface area (TPSA) is 78.5 Å². The number of likely N-dealkylation sites (tertiary alicyclic amines) is 1. The minimum atomic E-state index is -0.156. The van der Waals surface area contributed by atoms with Gasteiger partial charge in [0.05, 0.1) is 6.04 Å². The van der Waals surface area contributed by atoms with Crippen molar-refractivity contribution in [1.29, 1.82) is 0 Å². The normalized spacial score (nSPS) is 22.4. The summed E-state index contributed by atoms with van der Waals surface area (Å²) in [6, 6.07) is 14.9. The standard InChI is InChI=1S/C22H23N3O3/c1-13(26)23-16-9-7-15(8-10-16)22(28)24-21-18-6-4-3-5-17(18)19-11-25(14(2)27)12-20(19)21/h3-10,19-21H,11-12H2,1-2H3,(H,23,26)(H,24,28)/t19-,20-,21+/m0/s1. The van der Waals surface area contributed by atoms with Gasteiger partial charge in [-0.2, -0.15) is 0 Å². The third kappa shape index (κ3) is 3.26. The Hall–Kier alpha value is -3.15. The van der Waals surface area contributed by atoms with E-state index >= 15 is 0 Å². The molecule has 0 unspecified atom stereocenters. The Bertz CT molecular complexity index is 938. The van der Waals surface area contributed by atoms with Crippen LogP contribution in [0.5, 0.6) is 0 Å². The van der Waals surface area contributed by atoms with Gasteiger partial charge in [0, 0.05) is 50.0 Å². The van der Waals surface area contributed by atoms with Crippen molar-refractivity contribution in [3.05, 3.63) is 65.2 Å². The molecule has 1 aliphatic carbocycles. The molecular weight excluding hydrogens is 354 g/mol. The molecule has 28 heavy (non-hydrogen) atoms. The first-order valence-corrected chi connectivity index (χ1v) is 9.47. The lowest BCUT2D eigenvalue weighted by molar-refractivity contribution is -0.128. The number of carbonyl (C=O) groups is 3. The second kappa shape index (κ2) is 7.11. The number of nitrogens with zero attached hydrogens (tertiary/aromatic N) is 1. The van der Waals surface area contributed by atoms with Gasteiger partial charge in [-0.1, -0.05) is 24.3 Å². The molecule has 2 aromatic carbocycles. The average molecular weight is 377 g/mol. The number of hydrogen-bond donors (Lipinski definition) is 2. The molecule has 4 rings (SSSR count). The molecule has 0 radical (unpaired) electrons. The van der Waals surface area contributed by atoms with Gasteiger partial charge in [-0.3, -0.25) is 14.4 Å². The molecule has 1 heterocycles. The predicted octanol–water partition coefficient (Wildman–Crippen LogP) is 2.69. The summed E-state index contributed by atoms with van der Waals surface area (Å²) in [6.45, 7) is 4.40. The van der Waals surface area contributed by atoms with Crippen LogP contribution in [-0.2, 0) is 9.59 Å². The van der Waals surface area contributed by atoms with E-state index in [1.54, 1.807) is 31.2 Å². The Labute approximate surface area is 163 Å². The van der Waals surface area contributed by atoms with Crippen molar-refractivity contribution in [2.24, 2.45) is 5.92 Å². The summed E-state index contributed by atoms with van der Waals surface area (Å²) in [6.07, 6.45) is 0. The Morgan fingerprint density at radius 1 is 0.929 bits per heavy atom. The highest BCUT2D eigenvalue weighted by Gasteiger charge is 2.47. The third-order valence-corrected chi connectivity index (χ3v) is 5.72. The molecule has 2 aliphatic rings. The zero-order chi connectivity index (χ0) is 19.8. The van der Waals surface area contributed by atoms with Gasteiger partial charge in [0.25, 0.3) is 5.91 Å². The molecule has 6 heteroatoms. The first-order chi connectivity index (χ1) is 13.4. The first kappa shape index (κ1) is 18.2. The summed E-state index contributed by atoms with van der Waals surface area (Å²) < 4.78 is 0. The summed E-state index contributed by atoms with van der Waals surface area (Å²) in [4.78, 5) is 37.7. The summed E-state index contributed by atoms with van der Waals surface area (Å²) >= 11 is 0. The lowest BCUT2D eigenvalue weighted by Crippen LogP contribution is -2.34. The van der Waals surface area contributed by atoms with Gasteiger partial charge in [0.2, 0.25) is 11.8 Å². The molecule has 0 saturated carbocycles. The van der Waals surface area contributed by atoms with Gasteiger partial charge in [0.15, 0.2) is 0 Å². The van der Waals surface area contributed by atoms with Crippen molar-refractivity contribution in [3.63, 3.8) is 0 Å². The second-order valence-electron chi connectivity index (χ2n) is 7.53. The number of hydrogen-bond acceptors (Lipinski definition) is 3. The monoisotopic (exact) mass is 377 g/mol. The highest BCUT2D eigenvalue weighted by molar-refractivity contribution is 5.95. The molecule has 1 saturated heterocycles. The van der Waals surface area contributed by atoms with Gasteiger partial charge in [-0.25, -0.2) is 0 Å². The Kier molecular flexibility index (Phi) is 4.63. The van der Waals surface area contributed by atoms with Crippen LogP contribution in [0.4, 0.5) is 5.69 Å². The average Bonchev–Trinajstić information content (AvgIpc) is 3.21. The Balaban J connectivity index is 1.55. The van der Waals surface area contributed by atoms with E-state index in [-0.39, 0.29) is 35.6 Å². The van der Waals surface area contributed by atoms with Crippen molar-refractivity contribution in [2.75, 3.05) is 18.4 Å². The largest absolute Gasteiger partial charge is 0.345 e. The van der Waals surface area contributed by atoms with Crippen LogP contribution in [0.25, 0.3) is 0 Å². The van der Waals surface area contributed by atoms with Crippen LogP contribution >= 0.6 is 0 Å². The van der Waals surface area contributed by atoms with Gasteiger partial charge in [-0.15, -0.1) is 0 Å². The van der Waals surface area contributed by atoms with Crippen molar-refractivity contribution in [1.82, 2.24) is 10.2 Å².